The van der Waals surface area contributed by atoms with E-state index in [-0.39, 0.29) is 49.0 Å². The molecule has 0 aromatic heterocycles. The molecule has 2 aliphatic heterocycles. The fourth-order valence-corrected chi connectivity index (χ4v) is 3.88. The van der Waals surface area contributed by atoms with Gasteiger partial charge in [0.25, 0.3) is 0 Å². The third-order valence-electron chi connectivity index (χ3n) is 4.71. The molecule has 5 atom stereocenters. The molecule has 0 bridgehead atoms. The van der Waals surface area contributed by atoms with E-state index < -0.39 is 0 Å². The van der Waals surface area contributed by atoms with Gasteiger partial charge in [-0.25, -0.2) is 0 Å². The second kappa shape index (κ2) is 10.8. The first kappa shape index (κ1) is 23.9. The minimum Gasteiger partial charge on any atom is -0.373 e. The summed E-state index contributed by atoms with van der Waals surface area (Å²) >= 11 is 0. The second-order valence-electron chi connectivity index (χ2n) is 7.49. The Hall–Kier alpha value is -0.0700. The van der Waals surface area contributed by atoms with Gasteiger partial charge in [0, 0.05) is 25.2 Å². The normalized spacial score (nSPS) is 32.4. The molecule has 2 fully saturated rings. The van der Waals surface area contributed by atoms with Crippen molar-refractivity contribution in [1.82, 2.24) is 15.5 Å². The van der Waals surface area contributed by atoms with Crippen LogP contribution in [0, 0.1) is 5.92 Å². The zero-order valence-corrected chi connectivity index (χ0v) is 17.2. The number of ether oxygens (including phenoxy) is 1. The largest absolute Gasteiger partial charge is 0.373 e. The van der Waals surface area contributed by atoms with Crippen LogP contribution in [-0.2, 0) is 9.53 Å². The van der Waals surface area contributed by atoms with Gasteiger partial charge in [0.15, 0.2) is 0 Å². The van der Waals surface area contributed by atoms with Gasteiger partial charge >= 0.3 is 0 Å². The average molecular weight is 384 g/mol. The Morgan fingerprint density at radius 3 is 2.25 bits per heavy atom. The Morgan fingerprint density at radius 1 is 1.17 bits per heavy atom. The number of hydrogen-bond acceptors (Lipinski definition) is 4. The van der Waals surface area contributed by atoms with Crippen molar-refractivity contribution < 1.29 is 9.53 Å². The van der Waals surface area contributed by atoms with Crippen LogP contribution in [0.2, 0.25) is 0 Å². The molecule has 24 heavy (non-hydrogen) atoms. The molecule has 5 nitrogen and oxygen atoms in total. The standard InChI is InChI=1S/C17H33N3O2.2ClH/c1-11(2)16(20-9-13(4)22-14(5)10-20)17(21)19-15-6-7-18-12(3)8-15;;/h11-16,18H,6-10H2,1-5H3,(H,19,21);2*1H. The van der Waals surface area contributed by atoms with Crippen molar-refractivity contribution >= 4 is 30.7 Å². The monoisotopic (exact) mass is 383 g/mol. The van der Waals surface area contributed by atoms with Crippen LogP contribution in [0.25, 0.3) is 0 Å². The van der Waals surface area contributed by atoms with Gasteiger partial charge in [0.2, 0.25) is 5.91 Å². The van der Waals surface area contributed by atoms with Crippen LogP contribution in [-0.4, -0.2) is 60.8 Å². The van der Waals surface area contributed by atoms with E-state index in [4.69, 9.17) is 4.74 Å². The lowest BCUT2D eigenvalue weighted by Crippen LogP contribution is -2.59. The quantitative estimate of drug-likeness (QED) is 0.781. The zero-order chi connectivity index (χ0) is 16.3. The molecule has 0 aromatic carbocycles. The summed E-state index contributed by atoms with van der Waals surface area (Å²) in [6, 6.07) is 0.736. The molecular weight excluding hydrogens is 349 g/mol. The maximum atomic E-state index is 12.9. The van der Waals surface area contributed by atoms with Crippen molar-refractivity contribution in [3.8, 4) is 0 Å². The number of nitrogens with zero attached hydrogens (tertiary/aromatic N) is 1. The molecule has 2 rings (SSSR count). The molecule has 144 valence electrons. The van der Waals surface area contributed by atoms with Gasteiger partial charge in [-0.1, -0.05) is 13.8 Å². The van der Waals surface area contributed by atoms with E-state index in [1.807, 2.05) is 0 Å². The Labute approximate surface area is 159 Å². The maximum Gasteiger partial charge on any atom is 0.237 e. The number of rotatable bonds is 4. The van der Waals surface area contributed by atoms with Crippen LogP contribution < -0.4 is 10.6 Å². The van der Waals surface area contributed by atoms with Gasteiger partial charge < -0.3 is 15.4 Å². The van der Waals surface area contributed by atoms with Gasteiger partial charge in [-0.2, -0.15) is 0 Å². The highest BCUT2D eigenvalue weighted by Gasteiger charge is 2.35. The molecule has 1 amide bonds. The molecule has 0 aliphatic carbocycles. The molecule has 0 spiro atoms. The van der Waals surface area contributed by atoms with Crippen molar-refractivity contribution in [2.45, 2.75) is 77.8 Å². The number of amides is 1. The van der Waals surface area contributed by atoms with Crippen LogP contribution in [0.1, 0.15) is 47.5 Å². The third-order valence-corrected chi connectivity index (χ3v) is 4.71. The number of morpholine rings is 1. The molecule has 2 saturated heterocycles. The first-order valence-corrected chi connectivity index (χ1v) is 8.80. The summed E-state index contributed by atoms with van der Waals surface area (Å²) in [4.78, 5) is 15.2. The molecule has 2 aliphatic rings. The smallest absolute Gasteiger partial charge is 0.237 e. The SMILES string of the molecule is CC1CC(NC(=O)C(C(C)C)N2CC(C)OC(C)C2)CCN1.Cl.Cl. The van der Waals surface area contributed by atoms with Crippen molar-refractivity contribution in [1.29, 1.82) is 0 Å². The summed E-state index contributed by atoms with van der Waals surface area (Å²) in [6.07, 6.45) is 2.43. The predicted octanol–water partition coefficient (Wildman–Crippen LogP) is 2.22. The summed E-state index contributed by atoms with van der Waals surface area (Å²) in [7, 11) is 0. The van der Waals surface area contributed by atoms with Crippen molar-refractivity contribution in [2.75, 3.05) is 19.6 Å². The Balaban J connectivity index is 0.00000264. The summed E-state index contributed by atoms with van der Waals surface area (Å²) in [6.45, 7) is 13.3. The maximum absolute atomic E-state index is 12.9. The Kier molecular flexibility index (Phi) is 10.8. The van der Waals surface area contributed by atoms with E-state index >= 15 is 0 Å². The number of hydrogen-bond donors (Lipinski definition) is 2. The summed E-state index contributed by atoms with van der Waals surface area (Å²) < 4.78 is 5.81. The van der Waals surface area contributed by atoms with E-state index in [1.54, 1.807) is 0 Å². The fraction of sp³-hybridized carbons (Fsp3) is 0.941. The lowest BCUT2D eigenvalue weighted by molar-refractivity contribution is -0.136. The van der Waals surface area contributed by atoms with Crippen molar-refractivity contribution in [3.63, 3.8) is 0 Å². The molecule has 2 N–H and O–H groups in total. The number of carbonyl (C=O) groups excluding carboxylic acids is 1. The second-order valence-corrected chi connectivity index (χ2v) is 7.49. The lowest BCUT2D eigenvalue weighted by atomic mass is 9.96. The zero-order valence-electron chi connectivity index (χ0n) is 15.6. The van der Waals surface area contributed by atoms with E-state index in [1.165, 1.54) is 0 Å². The van der Waals surface area contributed by atoms with Crippen LogP contribution in [0.4, 0.5) is 0 Å². The van der Waals surface area contributed by atoms with E-state index in [9.17, 15) is 4.79 Å². The number of halogens is 2. The molecule has 0 saturated carbocycles. The van der Waals surface area contributed by atoms with Gasteiger partial charge in [-0.05, 0) is 46.1 Å². The summed E-state index contributed by atoms with van der Waals surface area (Å²) in [5, 5.41) is 6.73. The van der Waals surface area contributed by atoms with Crippen LogP contribution >= 0.6 is 24.8 Å². The van der Waals surface area contributed by atoms with Crippen LogP contribution in [0.5, 0.6) is 0 Å². The van der Waals surface area contributed by atoms with Crippen LogP contribution in [0.3, 0.4) is 0 Å². The topological polar surface area (TPSA) is 53.6 Å². The summed E-state index contributed by atoms with van der Waals surface area (Å²) in [5.41, 5.74) is 0. The molecule has 0 radical (unpaired) electrons. The highest BCUT2D eigenvalue weighted by molar-refractivity contribution is 5.85. The van der Waals surface area contributed by atoms with Gasteiger partial charge in [0.1, 0.15) is 0 Å². The average Bonchev–Trinajstić information content (AvgIpc) is 2.36. The van der Waals surface area contributed by atoms with E-state index in [0.29, 0.717) is 18.0 Å². The van der Waals surface area contributed by atoms with Crippen molar-refractivity contribution in [3.05, 3.63) is 0 Å². The minimum absolute atomic E-state index is 0. The third kappa shape index (κ3) is 6.68. The highest BCUT2D eigenvalue weighted by atomic mass is 35.5. The Bertz CT molecular complexity index is 375. The first-order valence-electron chi connectivity index (χ1n) is 8.80. The minimum atomic E-state index is -0.0565. The molecule has 5 unspecified atom stereocenters. The van der Waals surface area contributed by atoms with E-state index in [0.717, 1.165) is 32.5 Å². The van der Waals surface area contributed by atoms with Gasteiger partial charge in [0.05, 0.1) is 18.2 Å². The summed E-state index contributed by atoms with van der Waals surface area (Å²) in [5.74, 6) is 0.493. The molecule has 7 heteroatoms. The van der Waals surface area contributed by atoms with Gasteiger partial charge in [-0.3, -0.25) is 9.69 Å². The van der Waals surface area contributed by atoms with Crippen molar-refractivity contribution in [2.24, 2.45) is 5.92 Å². The first-order chi connectivity index (χ1) is 10.4. The molecular formula is C17H35Cl2N3O2. The van der Waals surface area contributed by atoms with Gasteiger partial charge in [-0.15, -0.1) is 24.8 Å². The predicted molar refractivity (Wildman–Crippen MR) is 103 cm³/mol. The molecule has 2 heterocycles. The molecule has 0 aromatic rings. The Morgan fingerprint density at radius 2 is 1.75 bits per heavy atom. The fourth-order valence-electron chi connectivity index (χ4n) is 3.88. The number of piperidine rings is 1. The van der Waals surface area contributed by atoms with Crippen LogP contribution in [0.15, 0.2) is 0 Å². The lowest BCUT2D eigenvalue weighted by Gasteiger charge is -2.41. The number of nitrogens with one attached hydrogen (secondary N) is 2. The number of carbonyl (C=O) groups is 1. The highest BCUT2D eigenvalue weighted by Crippen LogP contribution is 2.19. The van der Waals surface area contributed by atoms with E-state index in [2.05, 4.69) is 50.2 Å².